The minimum Gasteiger partial charge on any atom is -0.458 e. The van der Waals surface area contributed by atoms with Gasteiger partial charge in [-0.05, 0) is 83.7 Å². The van der Waals surface area contributed by atoms with Crippen molar-refractivity contribution in [1.82, 2.24) is 9.97 Å². The highest BCUT2D eigenvalue weighted by Crippen LogP contribution is 2.37. The van der Waals surface area contributed by atoms with Crippen molar-refractivity contribution in [2.75, 3.05) is 36.0 Å². The summed E-state index contributed by atoms with van der Waals surface area (Å²) in [6, 6.07) is 48.1. The Morgan fingerprint density at radius 1 is 0.455 bits per heavy atom. The third-order valence-corrected chi connectivity index (χ3v) is 10.9. The zero-order valence-electron chi connectivity index (χ0n) is 29.8. The number of amidine groups is 2. The van der Waals surface area contributed by atoms with Crippen molar-refractivity contribution in [1.29, 1.82) is 0 Å². The van der Waals surface area contributed by atoms with Crippen LogP contribution in [0.4, 0.5) is 11.4 Å². The zero-order chi connectivity index (χ0) is 36.3. The normalized spacial score (nSPS) is 15.0. The minimum absolute atomic E-state index is 0.0406. The van der Waals surface area contributed by atoms with Crippen LogP contribution in [0.1, 0.15) is 11.1 Å². The van der Waals surface area contributed by atoms with Crippen molar-refractivity contribution in [3.8, 4) is 45.5 Å². The quantitative estimate of drug-likeness (QED) is 0.172. The van der Waals surface area contributed by atoms with E-state index in [0.29, 0.717) is 0 Å². The van der Waals surface area contributed by atoms with E-state index < -0.39 is 0 Å². The lowest BCUT2D eigenvalue weighted by atomic mass is 9.35. The van der Waals surface area contributed by atoms with Crippen LogP contribution in [0, 0.1) is 0 Å². The van der Waals surface area contributed by atoms with Gasteiger partial charge in [0.2, 0.25) is 0 Å². The van der Waals surface area contributed by atoms with Crippen LogP contribution in [0.15, 0.2) is 162 Å². The molecule has 5 aromatic carbocycles. The van der Waals surface area contributed by atoms with Crippen LogP contribution in [-0.4, -0.2) is 54.5 Å². The molecular formula is C46H33BN6O2. The molecule has 0 unspecified atom stereocenters. The molecule has 9 heteroatoms. The minimum atomic E-state index is -0.0406. The molecule has 0 saturated heterocycles. The van der Waals surface area contributed by atoms with E-state index >= 15 is 0 Å². The smallest absolute Gasteiger partial charge is 0.260 e. The second-order valence-corrected chi connectivity index (χ2v) is 14.1. The molecule has 0 amide bonds. The number of anilines is 2. The molecular weight excluding hydrogens is 679 g/mol. The number of aromatic nitrogens is 2. The van der Waals surface area contributed by atoms with E-state index in [0.717, 1.165) is 122 Å². The van der Waals surface area contributed by atoms with Crippen LogP contribution < -0.4 is 35.7 Å². The fraction of sp³-hybridized carbons (Fsp3) is 0.0870. The lowest BCUT2D eigenvalue weighted by Gasteiger charge is -2.33. The van der Waals surface area contributed by atoms with Crippen LogP contribution in [-0.2, 0) is 0 Å². The first-order valence-corrected chi connectivity index (χ1v) is 18.7. The standard InChI is InChI=1S/C46H33BN6O2/c1-3-8-34(9-4-1)52-24-22-48-45(52)32-16-20-38(50-28-32)30-14-18-36-42(26-30)54-40-12-7-13-41-44(40)47(36)37-19-15-31(27-43(37)55-41)39-21-17-33(29-51-39)46-49-23-25-53(46)35-10-5-2-6-11-35/h1-21,26-29H,22-25H2. The van der Waals surface area contributed by atoms with E-state index in [1.54, 1.807) is 0 Å². The summed E-state index contributed by atoms with van der Waals surface area (Å²) in [5.41, 5.74) is 11.3. The van der Waals surface area contributed by atoms with E-state index in [9.17, 15) is 0 Å². The Balaban J connectivity index is 0.885. The van der Waals surface area contributed by atoms with E-state index in [1.165, 1.54) is 0 Å². The molecule has 55 heavy (non-hydrogen) atoms. The van der Waals surface area contributed by atoms with Gasteiger partial charge in [0.1, 0.15) is 34.7 Å². The summed E-state index contributed by atoms with van der Waals surface area (Å²) in [5.74, 6) is 5.16. The summed E-state index contributed by atoms with van der Waals surface area (Å²) in [7, 11) is 0. The van der Waals surface area contributed by atoms with Crippen LogP contribution in [0.5, 0.6) is 23.0 Å². The van der Waals surface area contributed by atoms with Crippen LogP contribution >= 0.6 is 0 Å². The third-order valence-electron chi connectivity index (χ3n) is 10.9. The number of para-hydroxylation sites is 2. The molecule has 4 aliphatic rings. The van der Waals surface area contributed by atoms with Crippen molar-refractivity contribution in [3.05, 3.63) is 163 Å². The van der Waals surface area contributed by atoms with Crippen molar-refractivity contribution in [2.45, 2.75) is 0 Å². The van der Waals surface area contributed by atoms with Crippen molar-refractivity contribution in [2.24, 2.45) is 9.98 Å². The van der Waals surface area contributed by atoms with Gasteiger partial charge in [-0.15, -0.1) is 0 Å². The molecule has 8 nitrogen and oxygen atoms in total. The summed E-state index contributed by atoms with van der Waals surface area (Å²) in [6.45, 7) is 3.21. The molecule has 4 aliphatic heterocycles. The lowest BCUT2D eigenvalue weighted by molar-refractivity contribution is 0.464. The molecule has 0 fully saturated rings. The van der Waals surface area contributed by atoms with E-state index in [-0.39, 0.29) is 6.71 Å². The average Bonchev–Trinajstić information content (AvgIpc) is 3.96. The van der Waals surface area contributed by atoms with Gasteiger partial charge < -0.3 is 19.3 Å². The summed E-state index contributed by atoms with van der Waals surface area (Å²) in [5, 5.41) is 0. The maximum atomic E-state index is 6.59. The predicted molar refractivity (Wildman–Crippen MR) is 221 cm³/mol. The van der Waals surface area contributed by atoms with Gasteiger partial charge in [-0.2, -0.15) is 0 Å². The number of ether oxygens (including phenoxy) is 2. The molecule has 262 valence electrons. The maximum Gasteiger partial charge on any atom is 0.260 e. The number of pyridine rings is 2. The highest BCUT2D eigenvalue weighted by atomic mass is 16.5. The predicted octanol–water partition coefficient (Wildman–Crippen LogP) is 7.07. The largest absolute Gasteiger partial charge is 0.458 e. The Morgan fingerprint density at radius 3 is 1.38 bits per heavy atom. The van der Waals surface area contributed by atoms with Gasteiger partial charge in [0, 0.05) is 64.6 Å². The Bertz CT molecular complexity index is 2490. The average molecular weight is 713 g/mol. The second-order valence-electron chi connectivity index (χ2n) is 14.1. The van der Waals surface area contributed by atoms with Gasteiger partial charge in [-0.25, -0.2) is 0 Å². The van der Waals surface area contributed by atoms with Gasteiger partial charge in [-0.1, -0.05) is 66.7 Å². The van der Waals surface area contributed by atoms with Crippen molar-refractivity contribution >= 4 is 46.1 Å². The molecule has 11 rings (SSSR count). The van der Waals surface area contributed by atoms with E-state index in [2.05, 4.69) is 119 Å². The Morgan fingerprint density at radius 2 is 0.927 bits per heavy atom. The van der Waals surface area contributed by atoms with Crippen LogP contribution in [0.2, 0.25) is 0 Å². The van der Waals surface area contributed by atoms with Gasteiger partial charge in [0.15, 0.2) is 0 Å². The van der Waals surface area contributed by atoms with Crippen LogP contribution in [0.25, 0.3) is 22.5 Å². The van der Waals surface area contributed by atoms with Crippen LogP contribution in [0.3, 0.4) is 0 Å². The van der Waals surface area contributed by atoms with Crippen molar-refractivity contribution < 1.29 is 9.47 Å². The summed E-state index contributed by atoms with van der Waals surface area (Å²) in [6.07, 6.45) is 3.85. The SMILES string of the molecule is c1ccc(N2CCN=C2c2ccc(-c3ccc4c(c3)Oc3cccc5c3B4c3ccc(-c4ccc(C6=NCCN6c6ccccc6)cn4)cc3O5)nc2)cc1. The molecule has 0 radical (unpaired) electrons. The number of aliphatic imine (C=N–C) groups is 2. The van der Waals surface area contributed by atoms with Gasteiger partial charge in [0.05, 0.1) is 24.5 Å². The van der Waals surface area contributed by atoms with Gasteiger partial charge >= 0.3 is 0 Å². The maximum absolute atomic E-state index is 6.59. The summed E-state index contributed by atoms with van der Waals surface area (Å²) in [4.78, 5) is 23.9. The fourth-order valence-corrected chi connectivity index (χ4v) is 8.24. The van der Waals surface area contributed by atoms with Gasteiger partial charge in [0.25, 0.3) is 6.71 Å². The number of rotatable bonds is 6. The second kappa shape index (κ2) is 12.8. The molecule has 7 aromatic rings. The molecule has 0 aliphatic carbocycles. The monoisotopic (exact) mass is 712 g/mol. The molecule has 0 bridgehead atoms. The number of hydrogen-bond acceptors (Lipinski definition) is 8. The summed E-state index contributed by atoms with van der Waals surface area (Å²) >= 11 is 0. The fourth-order valence-electron chi connectivity index (χ4n) is 8.24. The van der Waals surface area contributed by atoms with E-state index in [4.69, 9.17) is 29.4 Å². The first kappa shape index (κ1) is 31.5. The molecule has 2 aromatic heterocycles. The number of nitrogens with zero attached hydrogens (tertiary/aromatic N) is 6. The zero-order valence-corrected chi connectivity index (χ0v) is 29.8. The number of hydrogen-bond donors (Lipinski definition) is 0. The Labute approximate surface area is 319 Å². The first-order chi connectivity index (χ1) is 27.2. The van der Waals surface area contributed by atoms with Crippen molar-refractivity contribution in [3.63, 3.8) is 0 Å². The number of benzene rings is 5. The lowest BCUT2D eigenvalue weighted by Crippen LogP contribution is -2.57. The number of fused-ring (bicyclic) bond motifs is 4. The Kier molecular flexibility index (Phi) is 7.36. The molecule has 0 N–H and O–H groups in total. The Hall–Kier alpha value is -7.00. The summed E-state index contributed by atoms with van der Waals surface area (Å²) < 4.78 is 13.2. The third kappa shape index (κ3) is 5.38. The molecule has 6 heterocycles. The highest BCUT2D eigenvalue weighted by molar-refractivity contribution is 6.98. The first-order valence-electron chi connectivity index (χ1n) is 18.7. The van der Waals surface area contributed by atoms with E-state index in [1.807, 2.05) is 42.7 Å². The highest BCUT2D eigenvalue weighted by Gasteiger charge is 2.40. The molecule has 0 saturated carbocycles. The molecule has 0 atom stereocenters. The molecule has 0 spiro atoms. The topological polar surface area (TPSA) is 75.4 Å². The van der Waals surface area contributed by atoms with Gasteiger partial charge in [-0.3, -0.25) is 20.0 Å².